The monoisotopic (exact) mass is 454 g/mol. The molecule has 3 aromatic heterocycles. The first-order valence-electron chi connectivity index (χ1n) is 9.91. The summed E-state index contributed by atoms with van der Waals surface area (Å²) in [5.41, 5.74) is 6.57. The normalized spacial score (nSPS) is 18.6. The molecule has 0 aliphatic heterocycles. The molecule has 1 aliphatic carbocycles. The summed E-state index contributed by atoms with van der Waals surface area (Å²) < 4.78 is 7.01. The molecule has 1 aromatic carbocycles. The van der Waals surface area contributed by atoms with E-state index in [9.17, 15) is 9.90 Å². The molecule has 12 heteroatoms. The van der Waals surface area contributed by atoms with Crippen molar-refractivity contribution in [2.24, 2.45) is 0 Å². The van der Waals surface area contributed by atoms with Crippen LogP contribution in [0, 0.1) is 6.92 Å². The van der Waals surface area contributed by atoms with Crippen molar-refractivity contribution in [3.05, 3.63) is 51.6 Å². The fraction of sp³-hybridized carbons (Fsp3) is 0.300. The maximum atomic E-state index is 13.3. The molecule has 5 rings (SSSR count). The summed E-state index contributed by atoms with van der Waals surface area (Å²) in [6, 6.07) is 4.22. The smallest absolute Gasteiger partial charge is 0.263 e. The summed E-state index contributed by atoms with van der Waals surface area (Å²) in [7, 11) is 0. The van der Waals surface area contributed by atoms with E-state index in [0.29, 0.717) is 45.4 Å². The number of benzene rings is 1. The van der Waals surface area contributed by atoms with E-state index in [1.54, 1.807) is 25.1 Å². The highest BCUT2D eigenvalue weighted by Gasteiger charge is 2.40. The van der Waals surface area contributed by atoms with Crippen molar-refractivity contribution >= 4 is 34.1 Å². The summed E-state index contributed by atoms with van der Waals surface area (Å²) in [5.74, 6) is 1.47. The van der Waals surface area contributed by atoms with Gasteiger partial charge in [-0.3, -0.25) is 9.36 Å². The molecule has 1 saturated carbocycles. The second kappa shape index (κ2) is 7.53. The Morgan fingerprint density at radius 2 is 2.12 bits per heavy atom. The number of nitrogens with zero attached hydrogens (tertiary/aromatic N) is 6. The topological polar surface area (TPSA) is 158 Å². The summed E-state index contributed by atoms with van der Waals surface area (Å²) in [4.78, 5) is 26.3. The first-order chi connectivity index (χ1) is 15.3. The molecule has 0 radical (unpaired) electrons. The van der Waals surface area contributed by atoms with Crippen LogP contribution in [0.5, 0.6) is 0 Å². The standard InChI is InChI=1S/C20H19ClN8O3/c1-8(25-17-15(16(22)23-7-24-17)19-28-27-9(2)32-19)18-26-11-5-3-4-10(21)14(11)20(31)29(18)12-6-13(12)30/h3-5,7-8,12-13,30H,6H2,1-2H3,(H3,22,23,24,25). The van der Waals surface area contributed by atoms with Crippen LogP contribution in [0.4, 0.5) is 11.6 Å². The van der Waals surface area contributed by atoms with E-state index < -0.39 is 12.1 Å². The van der Waals surface area contributed by atoms with Gasteiger partial charge in [-0.25, -0.2) is 15.0 Å². The zero-order chi connectivity index (χ0) is 22.6. The van der Waals surface area contributed by atoms with Crippen molar-refractivity contribution in [2.45, 2.75) is 38.5 Å². The molecule has 164 valence electrons. The fourth-order valence-electron chi connectivity index (χ4n) is 3.68. The van der Waals surface area contributed by atoms with Gasteiger partial charge in [0.15, 0.2) is 0 Å². The van der Waals surface area contributed by atoms with Crippen molar-refractivity contribution in [1.82, 2.24) is 29.7 Å². The van der Waals surface area contributed by atoms with E-state index in [4.69, 9.17) is 26.7 Å². The van der Waals surface area contributed by atoms with Gasteiger partial charge < -0.3 is 20.6 Å². The van der Waals surface area contributed by atoms with Gasteiger partial charge in [0.2, 0.25) is 5.89 Å². The average molecular weight is 455 g/mol. The number of nitrogens with one attached hydrogen (secondary N) is 1. The van der Waals surface area contributed by atoms with E-state index in [2.05, 4.69) is 25.5 Å². The maximum Gasteiger partial charge on any atom is 0.263 e. The molecule has 3 heterocycles. The van der Waals surface area contributed by atoms with Crippen LogP contribution in [0.15, 0.2) is 33.7 Å². The fourth-order valence-corrected chi connectivity index (χ4v) is 3.93. The van der Waals surface area contributed by atoms with Crippen molar-refractivity contribution in [3.8, 4) is 11.5 Å². The van der Waals surface area contributed by atoms with Crippen molar-refractivity contribution in [2.75, 3.05) is 11.1 Å². The number of fused-ring (bicyclic) bond motifs is 1. The number of hydrogen-bond donors (Lipinski definition) is 3. The first kappa shape index (κ1) is 20.3. The van der Waals surface area contributed by atoms with Crippen LogP contribution in [-0.4, -0.2) is 40.9 Å². The minimum Gasteiger partial charge on any atom is -0.421 e. The Morgan fingerprint density at radius 3 is 2.81 bits per heavy atom. The number of anilines is 2. The molecule has 32 heavy (non-hydrogen) atoms. The van der Waals surface area contributed by atoms with Crippen molar-refractivity contribution < 1.29 is 9.52 Å². The Labute approximate surface area is 186 Å². The molecular formula is C20H19ClN8O3. The average Bonchev–Trinajstić information content (AvgIpc) is 3.30. The number of aryl methyl sites for hydroxylation is 1. The van der Waals surface area contributed by atoms with Gasteiger partial charge in [-0.15, -0.1) is 10.2 Å². The van der Waals surface area contributed by atoms with Crippen LogP contribution in [0.3, 0.4) is 0 Å². The number of rotatable bonds is 5. The molecule has 0 spiro atoms. The van der Waals surface area contributed by atoms with E-state index in [1.165, 1.54) is 10.9 Å². The first-order valence-corrected chi connectivity index (χ1v) is 10.3. The lowest BCUT2D eigenvalue weighted by Gasteiger charge is -2.21. The number of nitrogen functional groups attached to an aromatic ring is 1. The molecule has 4 aromatic rings. The highest BCUT2D eigenvalue weighted by molar-refractivity contribution is 6.35. The van der Waals surface area contributed by atoms with Crippen LogP contribution >= 0.6 is 11.6 Å². The van der Waals surface area contributed by atoms with Crippen LogP contribution in [0.25, 0.3) is 22.4 Å². The third kappa shape index (κ3) is 3.35. The quantitative estimate of drug-likeness (QED) is 0.408. The Balaban J connectivity index is 1.62. The second-order valence-corrected chi connectivity index (χ2v) is 8.03. The van der Waals surface area contributed by atoms with Crippen LogP contribution in [0.2, 0.25) is 5.02 Å². The largest absolute Gasteiger partial charge is 0.421 e. The molecule has 4 N–H and O–H groups in total. The van der Waals surface area contributed by atoms with Crippen LogP contribution in [-0.2, 0) is 0 Å². The van der Waals surface area contributed by atoms with Gasteiger partial charge >= 0.3 is 0 Å². The van der Waals surface area contributed by atoms with E-state index in [1.807, 2.05) is 6.92 Å². The molecule has 11 nitrogen and oxygen atoms in total. The molecular weight excluding hydrogens is 436 g/mol. The van der Waals surface area contributed by atoms with E-state index >= 15 is 0 Å². The lowest BCUT2D eigenvalue weighted by molar-refractivity contribution is 0.257. The Bertz CT molecular complexity index is 1400. The van der Waals surface area contributed by atoms with Gasteiger partial charge in [0, 0.05) is 6.92 Å². The Kier molecular flexibility index (Phi) is 4.79. The van der Waals surface area contributed by atoms with E-state index in [0.717, 1.165) is 0 Å². The molecule has 1 fully saturated rings. The van der Waals surface area contributed by atoms with Crippen LogP contribution < -0.4 is 16.6 Å². The predicted octanol–water partition coefficient (Wildman–Crippen LogP) is 2.26. The molecule has 3 unspecified atom stereocenters. The summed E-state index contributed by atoms with van der Waals surface area (Å²) in [6.07, 6.45) is 1.15. The minimum atomic E-state index is -0.619. The molecule has 0 bridgehead atoms. The number of nitrogens with two attached hydrogens (primary N) is 1. The predicted molar refractivity (Wildman–Crippen MR) is 117 cm³/mol. The highest BCUT2D eigenvalue weighted by Crippen LogP contribution is 2.38. The zero-order valence-corrected chi connectivity index (χ0v) is 17.9. The number of hydrogen-bond acceptors (Lipinski definition) is 10. The van der Waals surface area contributed by atoms with Gasteiger partial charge in [0.25, 0.3) is 11.4 Å². The third-order valence-electron chi connectivity index (χ3n) is 5.32. The number of halogens is 1. The third-order valence-corrected chi connectivity index (χ3v) is 5.63. The lowest BCUT2D eigenvalue weighted by atomic mass is 10.2. The van der Waals surface area contributed by atoms with Crippen molar-refractivity contribution in [3.63, 3.8) is 0 Å². The van der Waals surface area contributed by atoms with Gasteiger partial charge in [0.05, 0.1) is 34.1 Å². The lowest BCUT2D eigenvalue weighted by Crippen LogP contribution is -2.29. The number of aromatic nitrogens is 6. The highest BCUT2D eigenvalue weighted by atomic mass is 35.5. The molecule has 0 amide bonds. The van der Waals surface area contributed by atoms with Gasteiger partial charge in [-0.1, -0.05) is 17.7 Å². The van der Waals surface area contributed by atoms with Gasteiger partial charge in [0.1, 0.15) is 29.4 Å². The second-order valence-electron chi connectivity index (χ2n) is 7.62. The molecule has 1 aliphatic rings. The zero-order valence-electron chi connectivity index (χ0n) is 17.2. The van der Waals surface area contributed by atoms with E-state index in [-0.39, 0.29) is 23.3 Å². The summed E-state index contributed by atoms with van der Waals surface area (Å²) in [5, 5.41) is 21.8. The van der Waals surface area contributed by atoms with Crippen LogP contribution in [0.1, 0.15) is 37.1 Å². The van der Waals surface area contributed by atoms with Crippen molar-refractivity contribution in [1.29, 1.82) is 0 Å². The van der Waals surface area contributed by atoms with Gasteiger partial charge in [-0.2, -0.15) is 0 Å². The maximum absolute atomic E-state index is 13.3. The summed E-state index contributed by atoms with van der Waals surface area (Å²) in [6.45, 7) is 3.49. The Hall–Kier alpha value is -3.57. The van der Waals surface area contributed by atoms with Gasteiger partial charge in [-0.05, 0) is 25.5 Å². The molecule has 3 atom stereocenters. The Morgan fingerprint density at radius 1 is 1.34 bits per heavy atom. The number of aliphatic hydroxyl groups excluding tert-OH is 1. The molecule has 0 saturated heterocycles. The SMILES string of the molecule is Cc1nnc(-c2c(N)ncnc2NC(C)c2nc3cccc(Cl)c3c(=O)n2C2CC2O)o1. The minimum absolute atomic E-state index is 0.159. The summed E-state index contributed by atoms with van der Waals surface area (Å²) >= 11 is 6.28. The number of aliphatic hydroxyl groups is 1.